The van der Waals surface area contributed by atoms with Crippen molar-refractivity contribution in [3.63, 3.8) is 0 Å². The number of rotatable bonds is 0. The number of nitrogens with two attached hydrogens (primary N) is 2. The van der Waals surface area contributed by atoms with Gasteiger partial charge in [0.15, 0.2) is 11.9 Å². The summed E-state index contributed by atoms with van der Waals surface area (Å²) in [6.45, 7) is 20.8. The van der Waals surface area contributed by atoms with Crippen molar-refractivity contribution in [2.75, 3.05) is 28.2 Å². The van der Waals surface area contributed by atoms with Crippen LogP contribution in [0.15, 0.2) is 199 Å². The molecule has 7 aliphatic carbocycles. The van der Waals surface area contributed by atoms with E-state index in [1.807, 2.05) is 84.9 Å². The number of aliphatic imine (C=N–C) groups is 4. The van der Waals surface area contributed by atoms with Crippen LogP contribution in [-0.4, -0.2) is 165 Å². The summed E-state index contributed by atoms with van der Waals surface area (Å²) in [6, 6.07) is 57.0. The summed E-state index contributed by atoms with van der Waals surface area (Å²) in [5.74, 6) is 20.4. The fourth-order valence-corrected chi connectivity index (χ4v) is 22.9. The van der Waals surface area contributed by atoms with Gasteiger partial charge >= 0.3 is 24.5 Å². The molecule has 15 aliphatic rings. The fraction of sp³-hybridized carbons (Fsp3) is 0.445. The highest BCUT2D eigenvalue weighted by molar-refractivity contribution is 9.10. The standard InChI is InChI=1S/C31H33N3O4.C26H28BrN3O4.C26H25N3O2.C21H20BrN3O2.C10H18O5.C5H6/c1-29(2,3)38-28(36)32-27-33-31(26(35)34(27)4)24-19-21(12-11-20-9-10-20)13-14-25(24)37-30(31)17-15-22-7-5-6-8-23(22)16-18-30;1-24(2,3)34-23(32)28-22-29-26(21(31)30(22)4)19-15-18(27)9-10-20(19)33-25(26)13-11-16-7-5-6-8-17(16)12-14-25;1-29-23(30)26(28-24(29)27)21-16-18(9-8-17-6-7-17)10-11-22(21)31-25(26)14-12-19-4-2-3-5-20(19)13-15-25;1-25-18(26)21(24-19(25)23)16-12-15(22)6-7-17(16)27-20(21)10-8-13-4-2-3-5-14(13)9-11-20;1-9(2,3)14-7(11)13-8(12)15-10(4,5)6;1-2-5-3-4-5/h5-8,13-14,19-20H,9-10,15-18H2,1-4H3,(H,32,33,36);5-10,15H,11-14H2,1-4H3,(H,28,29,32);2-5,10-11,16-17H,6-7,12-15H2,1H3,(H2,27,28);2-7,12H,8-11H2,1H3,(H2,23,24);1-6H3;1,5H,3-4H2. The number of aryl methyl sites for hydroxylation is 8. The molecule has 6 N–H and O–H groups in total. The minimum Gasteiger partial charge on any atom is -0.483 e. The third-order valence-corrected chi connectivity index (χ3v) is 31.0. The average Bonchev–Trinajstić information content (AvgIpc) is 1.04. The van der Waals surface area contributed by atoms with E-state index in [1.165, 1.54) is 89.8 Å². The lowest BCUT2D eigenvalue weighted by molar-refractivity contribution is -0.138. The quantitative estimate of drug-likeness (QED) is 0.0474. The molecule has 8 aliphatic heterocycles. The zero-order chi connectivity index (χ0) is 107. The summed E-state index contributed by atoms with van der Waals surface area (Å²) in [4.78, 5) is 128. The fourth-order valence-electron chi connectivity index (χ4n) is 22.2. The van der Waals surface area contributed by atoms with Crippen LogP contribution in [0.25, 0.3) is 0 Å². The Morgan fingerprint density at radius 1 is 0.360 bits per heavy atom. The number of carbonyl (C=O) groups is 8. The molecule has 0 radical (unpaired) electrons. The Morgan fingerprint density at radius 3 is 0.840 bits per heavy atom. The Balaban J connectivity index is 0.000000123. The number of guanidine groups is 4. The summed E-state index contributed by atoms with van der Waals surface area (Å²) >= 11 is 7.09. The Morgan fingerprint density at radius 2 is 0.607 bits per heavy atom. The van der Waals surface area contributed by atoms with Crippen LogP contribution in [0.4, 0.5) is 19.2 Å². The van der Waals surface area contributed by atoms with Gasteiger partial charge in [0.25, 0.3) is 23.6 Å². The van der Waals surface area contributed by atoms with Gasteiger partial charge in [-0.3, -0.25) is 49.4 Å². The molecule has 8 spiro atoms. The molecule has 4 unspecified atom stereocenters. The molecule has 31 heteroatoms. The van der Waals surface area contributed by atoms with Crippen molar-refractivity contribution in [1.82, 2.24) is 30.2 Å². The van der Waals surface area contributed by atoms with Gasteiger partial charge in [0.2, 0.25) is 34.1 Å². The van der Waals surface area contributed by atoms with E-state index in [2.05, 4.69) is 162 Å². The van der Waals surface area contributed by atoms with Crippen molar-refractivity contribution in [2.24, 2.45) is 49.2 Å². The third-order valence-electron chi connectivity index (χ3n) is 30.0. The Bertz CT molecular complexity index is 6970. The summed E-state index contributed by atoms with van der Waals surface area (Å²) in [5.41, 5.74) is 16.5. The number of benzene rings is 8. The largest absolute Gasteiger partial charge is 0.519 e. The lowest BCUT2D eigenvalue weighted by Gasteiger charge is -2.38. The number of terminal acetylenes is 1. The van der Waals surface area contributed by atoms with Gasteiger partial charge in [-0.15, -0.1) is 12.3 Å². The molecular weight excluding hydrogens is 2030 g/mol. The molecule has 8 aromatic rings. The zero-order valence-electron chi connectivity index (χ0n) is 88.0. The van der Waals surface area contributed by atoms with Crippen molar-refractivity contribution in [3.8, 4) is 59.0 Å². The lowest BCUT2D eigenvalue weighted by atomic mass is 9.71. The normalized spacial score (nSPS) is 22.7. The molecule has 8 heterocycles. The Hall–Kier alpha value is -14.0. The van der Waals surface area contributed by atoms with E-state index in [-0.39, 0.29) is 47.5 Å². The molecule has 3 saturated carbocycles. The van der Waals surface area contributed by atoms with Gasteiger partial charge < -0.3 is 54.1 Å². The number of nitrogens with one attached hydrogen (secondary N) is 2. The number of nitrogens with zero attached hydrogens (tertiary/aromatic N) is 8. The van der Waals surface area contributed by atoms with Crippen molar-refractivity contribution >= 4 is 104 Å². The minimum atomic E-state index is -1.33. The molecule has 6 amide bonds. The molecule has 782 valence electrons. The second-order valence-corrected chi connectivity index (χ2v) is 46.9. The summed E-state index contributed by atoms with van der Waals surface area (Å²) < 4.78 is 53.1. The van der Waals surface area contributed by atoms with E-state index in [4.69, 9.17) is 75.8 Å². The number of ether oxygens (including phenoxy) is 9. The number of hydrogen-bond donors (Lipinski definition) is 4. The first-order valence-electron chi connectivity index (χ1n) is 51.7. The highest BCUT2D eigenvalue weighted by Crippen LogP contribution is 2.63. The van der Waals surface area contributed by atoms with Crippen molar-refractivity contribution in [1.29, 1.82) is 0 Å². The van der Waals surface area contributed by atoms with Gasteiger partial charge in [-0.25, -0.2) is 39.1 Å². The van der Waals surface area contributed by atoms with Gasteiger partial charge in [0.1, 0.15) is 67.8 Å². The van der Waals surface area contributed by atoms with Gasteiger partial charge in [-0.2, -0.15) is 0 Å². The first-order valence-corrected chi connectivity index (χ1v) is 53.2. The van der Waals surface area contributed by atoms with Gasteiger partial charge in [0.05, 0.1) is 0 Å². The summed E-state index contributed by atoms with van der Waals surface area (Å²) in [6.07, 6.45) is 20.5. The van der Waals surface area contributed by atoms with Crippen LogP contribution in [0.3, 0.4) is 0 Å². The molecule has 150 heavy (non-hydrogen) atoms. The molecule has 0 aromatic heterocycles. The van der Waals surface area contributed by atoms with Crippen LogP contribution in [-0.2, 0) is 116 Å². The average molecular weight is 2160 g/mol. The van der Waals surface area contributed by atoms with Crippen molar-refractivity contribution in [3.05, 3.63) is 257 Å². The van der Waals surface area contributed by atoms with Crippen LogP contribution in [0, 0.1) is 53.8 Å². The third kappa shape index (κ3) is 20.6. The summed E-state index contributed by atoms with van der Waals surface area (Å²) in [7, 11) is 6.65. The molecule has 8 aromatic carbocycles. The maximum Gasteiger partial charge on any atom is 0.519 e. The molecule has 0 bridgehead atoms. The molecule has 3 fully saturated rings. The van der Waals surface area contributed by atoms with Crippen molar-refractivity contribution in [2.45, 2.75) is 291 Å². The predicted molar refractivity (Wildman–Crippen MR) is 576 cm³/mol. The van der Waals surface area contributed by atoms with Gasteiger partial charge in [0, 0.05) is 88.3 Å². The minimum absolute atomic E-state index is 0.109. The smallest absolute Gasteiger partial charge is 0.483 e. The topological polar surface area (TPSA) is 358 Å². The van der Waals surface area contributed by atoms with E-state index in [0.717, 1.165) is 107 Å². The second-order valence-electron chi connectivity index (χ2n) is 45.1. The van der Waals surface area contributed by atoms with E-state index in [0.29, 0.717) is 91.7 Å². The first kappa shape index (κ1) is 106. The lowest BCUT2D eigenvalue weighted by Crippen LogP contribution is -2.56. The van der Waals surface area contributed by atoms with E-state index in [1.54, 1.807) is 111 Å². The second kappa shape index (κ2) is 40.4. The van der Waals surface area contributed by atoms with E-state index < -0.39 is 91.5 Å². The van der Waals surface area contributed by atoms with E-state index in [9.17, 15) is 38.4 Å². The maximum absolute atomic E-state index is 14.3. The SMILES string of the molecule is C#CC1CC1.CC(C)(C)OC(=O)OC(=O)OC(C)(C)C.CN1C(=O)C2(N=C1N)c1cc(Br)ccc1OC21CCc2ccccc2CC1.CN1C(=O)C2(N=C1N)c1cc(C#CC3CC3)ccc1OC21CCc2ccccc2CC1.CN1C(=O)C2(N=C1NC(=O)OC(C)(C)C)c1cc(Br)ccc1OC21CCc2ccccc2CC1.CN1C(=O)C2(N=C1NC(=O)OC(C)(C)C)c1cc(C#CC3CC3)ccc1OC21CCc2ccccc2CC1. The number of fused-ring (bicyclic) bond motifs is 16. The van der Waals surface area contributed by atoms with Crippen LogP contribution in [0.2, 0.25) is 0 Å². The van der Waals surface area contributed by atoms with Crippen molar-refractivity contribution < 1.29 is 81.0 Å². The highest BCUT2D eigenvalue weighted by atomic mass is 79.9. The number of carbonyl (C=O) groups excluding carboxylic acids is 8. The molecule has 23 rings (SSSR count). The Kier molecular flexibility index (Phi) is 28.5. The molecular formula is C119H130Br2N12O17. The van der Waals surface area contributed by atoms with Crippen LogP contribution >= 0.6 is 31.9 Å². The van der Waals surface area contributed by atoms with E-state index >= 15 is 0 Å². The number of halogens is 2. The number of alkyl carbamates (subject to hydrolysis) is 2. The molecule has 4 atom stereocenters. The number of amides is 6. The Labute approximate surface area is 893 Å². The maximum atomic E-state index is 14.3. The van der Waals surface area contributed by atoms with Gasteiger partial charge in [-0.1, -0.05) is 153 Å². The van der Waals surface area contributed by atoms with Crippen LogP contribution in [0.1, 0.15) is 251 Å². The predicted octanol–water partition coefficient (Wildman–Crippen LogP) is 19.6. The monoisotopic (exact) mass is 2160 g/mol. The first-order chi connectivity index (χ1) is 71.1. The summed E-state index contributed by atoms with van der Waals surface area (Å²) in [5, 5.41) is 5.42. The zero-order valence-corrected chi connectivity index (χ0v) is 91.1. The van der Waals surface area contributed by atoms with Gasteiger partial charge in [-0.05, 0) is 342 Å². The number of likely N-dealkylation sites (N-methyl/N-ethyl adjacent to an activating group) is 4. The highest BCUT2D eigenvalue weighted by Gasteiger charge is 2.73. The number of hydrogen-bond acceptors (Lipinski definition) is 23. The molecule has 29 nitrogen and oxygen atoms in total. The van der Waals surface area contributed by atoms with Crippen LogP contribution in [0.5, 0.6) is 23.0 Å². The molecule has 0 saturated heterocycles. The van der Waals surface area contributed by atoms with Crippen LogP contribution < -0.4 is 41.0 Å².